The third-order valence-electron chi connectivity index (χ3n) is 5.52. The zero-order chi connectivity index (χ0) is 22.1. The second-order valence-electron chi connectivity index (χ2n) is 7.41. The Labute approximate surface area is 188 Å². The number of fused-ring (bicyclic) bond motifs is 1. The fourth-order valence-corrected chi connectivity index (χ4v) is 4.11. The predicted octanol–water partition coefficient (Wildman–Crippen LogP) is 3.80. The molecule has 2 aromatic carbocycles. The molecule has 4 aromatic rings. The summed E-state index contributed by atoms with van der Waals surface area (Å²) in [6, 6.07) is 10.1. The lowest BCUT2D eigenvalue weighted by molar-refractivity contribution is 0.122. The zero-order valence-electron chi connectivity index (χ0n) is 16.9. The van der Waals surface area contributed by atoms with Gasteiger partial charge in [-0.05, 0) is 36.4 Å². The van der Waals surface area contributed by atoms with Gasteiger partial charge in [0, 0.05) is 46.5 Å². The molecule has 1 saturated heterocycles. The second kappa shape index (κ2) is 8.74. The summed E-state index contributed by atoms with van der Waals surface area (Å²) in [4.78, 5) is 18.9. The molecule has 162 valence electrons. The molecular formula is C23H19ClFN5O2. The molecule has 3 heterocycles. The van der Waals surface area contributed by atoms with Gasteiger partial charge in [-0.2, -0.15) is 0 Å². The maximum absolute atomic E-state index is 15.0. The summed E-state index contributed by atoms with van der Waals surface area (Å²) in [5.41, 5.74) is 3.08. The average molecular weight is 452 g/mol. The lowest BCUT2D eigenvalue weighted by atomic mass is 9.99. The summed E-state index contributed by atoms with van der Waals surface area (Å²) in [6.07, 6.45) is 3.13. The summed E-state index contributed by atoms with van der Waals surface area (Å²) in [5.74, 6) is -0.536. The lowest BCUT2D eigenvalue weighted by Crippen LogP contribution is -2.36. The number of benzene rings is 2. The van der Waals surface area contributed by atoms with E-state index >= 15 is 4.39 Å². The number of ether oxygens (including phenoxy) is 1. The highest BCUT2D eigenvalue weighted by Gasteiger charge is 2.21. The third kappa shape index (κ3) is 3.88. The molecule has 5 rings (SSSR count). The molecule has 1 fully saturated rings. The number of aromatic nitrogens is 4. The summed E-state index contributed by atoms with van der Waals surface area (Å²) < 4.78 is 20.4. The standard InChI is InChI=1S/C23H19ClFN5O2/c24-18-11-19(25)17(10-16(18)23(31)20-3-4-26-12-27-20)22-15-2-1-14(9-21(15)28-13-29-22)30-5-7-32-8-6-30/h1-4,9-13,23,31H,5-8H2. The van der Waals surface area contributed by atoms with Crippen molar-refractivity contribution in [3.05, 3.63) is 77.3 Å². The van der Waals surface area contributed by atoms with Crippen LogP contribution in [0.15, 0.2) is 55.2 Å². The van der Waals surface area contributed by atoms with Crippen molar-refractivity contribution in [3.8, 4) is 11.3 Å². The third-order valence-corrected chi connectivity index (χ3v) is 5.84. The van der Waals surface area contributed by atoms with Gasteiger partial charge in [-0.25, -0.2) is 24.3 Å². The number of anilines is 1. The fraction of sp³-hybridized carbons (Fsp3) is 0.217. The average Bonchev–Trinajstić information content (AvgIpc) is 2.84. The molecule has 0 aliphatic carbocycles. The number of nitrogens with zero attached hydrogens (tertiary/aromatic N) is 5. The van der Waals surface area contributed by atoms with E-state index in [2.05, 4.69) is 24.8 Å². The normalized spacial score (nSPS) is 15.2. The van der Waals surface area contributed by atoms with Gasteiger partial charge >= 0.3 is 0 Å². The molecule has 0 spiro atoms. The number of morpholine rings is 1. The summed E-state index contributed by atoms with van der Waals surface area (Å²) >= 11 is 6.27. The Hall–Kier alpha value is -3.20. The Morgan fingerprint density at radius 1 is 1.03 bits per heavy atom. The number of halogens is 2. The largest absolute Gasteiger partial charge is 0.382 e. The van der Waals surface area contributed by atoms with Gasteiger partial charge < -0.3 is 14.7 Å². The maximum Gasteiger partial charge on any atom is 0.134 e. The van der Waals surface area contributed by atoms with E-state index in [0.29, 0.717) is 41.1 Å². The van der Waals surface area contributed by atoms with Gasteiger partial charge in [0.2, 0.25) is 0 Å². The molecule has 1 atom stereocenters. The van der Waals surface area contributed by atoms with Crippen molar-refractivity contribution in [2.45, 2.75) is 6.10 Å². The first-order valence-electron chi connectivity index (χ1n) is 10.1. The Kier molecular flexibility index (Phi) is 5.65. The van der Waals surface area contributed by atoms with Crippen LogP contribution < -0.4 is 4.90 Å². The minimum atomic E-state index is -1.13. The van der Waals surface area contributed by atoms with Gasteiger partial charge in [0.15, 0.2) is 0 Å². The Morgan fingerprint density at radius 3 is 2.66 bits per heavy atom. The molecule has 1 N–H and O–H groups in total. The predicted molar refractivity (Wildman–Crippen MR) is 119 cm³/mol. The molecule has 0 saturated carbocycles. The Morgan fingerprint density at radius 2 is 1.88 bits per heavy atom. The first-order chi connectivity index (χ1) is 15.6. The van der Waals surface area contributed by atoms with Crippen LogP contribution in [-0.2, 0) is 4.74 Å². The minimum Gasteiger partial charge on any atom is -0.382 e. The van der Waals surface area contributed by atoms with Crippen LogP contribution in [0, 0.1) is 5.82 Å². The van der Waals surface area contributed by atoms with Gasteiger partial charge in [0.1, 0.15) is 24.6 Å². The van der Waals surface area contributed by atoms with Gasteiger partial charge in [-0.15, -0.1) is 0 Å². The van der Waals surface area contributed by atoms with Crippen LogP contribution in [0.5, 0.6) is 0 Å². The second-order valence-corrected chi connectivity index (χ2v) is 7.82. The van der Waals surface area contributed by atoms with E-state index in [9.17, 15) is 5.11 Å². The summed E-state index contributed by atoms with van der Waals surface area (Å²) in [6.45, 7) is 2.97. The smallest absolute Gasteiger partial charge is 0.134 e. The highest BCUT2D eigenvalue weighted by Crippen LogP contribution is 2.36. The first-order valence-corrected chi connectivity index (χ1v) is 10.5. The quantitative estimate of drug-likeness (QED) is 0.505. The van der Waals surface area contributed by atoms with Crippen molar-refractivity contribution in [3.63, 3.8) is 0 Å². The van der Waals surface area contributed by atoms with Crippen LogP contribution in [0.1, 0.15) is 17.4 Å². The maximum atomic E-state index is 15.0. The molecular weight excluding hydrogens is 433 g/mol. The molecule has 0 amide bonds. The van der Waals surface area contributed by atoms with E-state index in [0.717, 1.165) is 18.8 Å². The van der Waals surface area contributed by atoms with Crippen molar-refractivity contribution in [1.82, 2.24) is 19.9 Å². The Balaban J connectivity index is 1.59. The highest BCUT2D eigenvalue weighted by atomic mass is 35.5. The number of aliphatic hydroxyl groups excluding tert-OH is 1. The van der Waals surface area contributed by atoms with E-state index in [-0.39, 0.29) is 10.6 Å². The number of aliphatic hydroxyl groups is 1. The molecule has 9 heteroatoms. The molecule has 0 radical (unpaired) electrons. The van der Waals surface area contributed by atoms with E-state index in [1.165, 1.54) is 31.0 Å². The molecule has 7 nitrogen and oxygen atoms in total. The number of hydrogen-bond acceptors (Lipinski definition) is 7. The molecule has 1 aliphatic rings. The molecule has 32 heavy (non-hydrogen) atoms. The van der Waals surface area contributed by atoms with Gasteiger partial charge in [-0.3, -0.25) is 0 Å². The fourth-order valence-electron chi connectivity index (χ4n) is 3.86. The molecule has 2 aromatic heterocycles. The molecule has 1 unspecified atom stereocenters. The minimum absolute atomic E-state index is 0.102. The van der Waals surface area contributed by atoms with Gasteiger partial charge in [0.25, 0.3) is 0 Å². The molecule has 1 aliphatic heterocycles. The highest BCUT2D eigenvalue weighted by molar-refractivity contribution is 6.31. The van der Waals surface area contributed by atoms with E-state index in [1.807, 2.05) is 18.2 Å². The van der Waals surface area contributed by atoms with E-state index in [1.54, 1.807) is 6.07 Å². The van der Waals surface area contributed by atoms with Crippen molar-refractivity contribution in [2.24, 2.45) is 0 Å². The van der Waals surface area contributed by atoms with Crippen molar-refractivity contribution in [2.75, 3.05) is 31.2 Å². The van der Waals surface area contributed by atoms with Crippen molar-refractivity contribution >= 4 is 28.2 Å². The zero-order valence-corrected chi connectivity index (χ0v) is 17.7. The van der Waals surface area contributed by atoms with Gasteiger partial charge in [0.05, 0.1) is 30.1 Å². The van der Waals surface area contributed by atoms with Crippen molar-refractivity contribution in [1.29, 1.82) is 0 Å². The first kappa shape index (κ1) is 20.7. The van der Waals surface area contributed by atoms with Gasteiger partial charge in [-0.1, -0.05) is 11.6 Å². The Bertz CT molecular complexity index is 1270. The summed E-state index contributed by atoms with van der Waals surface area (Å²) in [7, 11) is 0. The van der Waals surface area contributed by atoms with Crippen LogP contribution in [0.2, 0.25) is 5.02 Å². The van der Waals surface area contributed by atoms with Crippen molar-refractivity contribution < 1.29 is 14.2 Å². The molecule has 0 bridgehead atoms. The van der Waals surface area contributed by atoms with Crippen LogP contribution in [0.3, 0.4) is 0 Å². The summed E-state index contributed by atoms with van der Waals surface area (Å²) in [5, 5.41) is 11.6. The van der Waals surface area contributed by atoms with Crippen LogP contribution >= 0.6 is 11.6 Å². The SMILES string of the molecule is OC(c1ccncn1)c1cc(-c2ncnc3cc(N4CCOCC4)ccc23)c(F)cc1Cl. The van der Waals surface area contributed by atoms with Crippen LogP contribution in [0.4, 0.5) is 10.1 Å². The van der Waals surface area contributed by atoms with Crippen LogP contribution in [-0.4, -0.2) is 51.3 Å². The lowest BCUT2D eigenvalue weighted by Gasteiger charge is -2.29. The van der Waals surface area contributed by atoms with E-state index < -0.39 is 11.9 Å². The van der Waals surface area contributed by atoms with E-state index in [4.69, 9.17) is 16.3 Å². The number of rotatable bonds is 4. The number of hydrogen-bond donors (Lipinski definition) is 1. The van der Waals surface area contributed by atoms with Crippen LogP contribution in [0.25, 0.3) is 22.2 Å². The topological polar surface area (TPSA) is 84.3 Å². The monoisotopic (exact) mass is 451 g/mol.